The van der Waals surface area contributed by atoms with Crippen LogP contribution in [0.5, 0.6) is 11.5 Å². The van der Waals surface area contributed by atoms with Crippen LogP contribution in [0.4, 0.5) is 5.82 Å². The molecule has 10 heteroatoms. The molecule has 1 aromatic carbocycles. The van der Waals surface area contributed by atoms with Crippen LogP contribution in [0, 0.1) is 12.8 Å². The summed E-state index contributed by atoms with van der Waals surface area (Å²) in [5.41, 5.74) is 2.23. The maximum Gasteiger partial charge on any atom is 0.338 e. The maximum atomic E-state index is 13.7. The average Bonchev–Trinajstić information content (AvgIpc) is 3.58. The number of carbonyl (C=O) groups excluding carboxylic acids is 1. The van der Waals surface area contributed by atoms with Crippen molar-refractivity contribution < 1.29 is 28.8 Å². The maximum absolute atomic E-state index is 13.7. The van der Waals surface area contributed by atoms with Crippen molar-refractivity contribution in [1.29, 1.82) is 0 Å². The second kappa shape index (κ2) is 11.9. The number of ether oxygens (including phenoxy) is 4. The van der Waals surface area contributed by atoms with E-state index >= 15 is 0 Å². The predicted octanol–water partition coefficient (Wildman–Crippen LogP) is 5.10. The second-order valence-electron chi connectivity index (χ2n) is 11.1. The molecule has 2 fully saturated rings. The summed E-state index contributed by atoms with van der Waals surface area (Å²) < 4.78 is 24.8. The van der Waals surface area contributed by atoms with Gasteiger partial charge in [0, 0.05) is 44.6 Å². The van der Waals surface area contributed by atoms with E-state index in [1.165, 1.54) is 0 Å². The van der Waals surface area contributed by atoms with E-state index in [-0.39, 0.29) is 18.1 Å². The van der Waals surface area contributed by atoms with E-state index in [0.717, 1.165) is 61.4 Å². The summed E-state index contributed by atoms with van der Waals surface area (Å²) in [5.74, 6) is 2.05. The highest BCUT2D eigenvalue weighted by Crippen LogP contribution is 2.47. The Labute approximate surface area is 241 Å². The van der Waals surface area contributed by atoms with Gasteiger partial charge in [0.15, 0.2) is 0 Å². The minimum absolute atomic E-state index is 0.124. The van der Waals surface area contributed by atoms with Gasteiger partial charge in [-0.3, -0.25) is 4.68 Å². The van der Waals surface area contributed by atoms with E-state index in [1.807, 2.05) is 24.7 Å². The molecule has 3 heterocycles. The number of aromatic nitrogens is 2. The summed E-state index contributed by atoms with van der Waals surface area (Å²) in [7, 11) is 5.10. The van der Waals surface area contributed by atoms with Crippen LogP contribution in [0.1, 0.15) is 55.3 Å². The van der Waals surface area contributed by atoms with Gasteiger partial charge < -0.3 is 29.0 Å². The van der Waals surface area contributed by atoms with Crippen molar-refractivity contribution in [2.45, 2.75) is 63.9 Å². The topological polar surface area (TPSA) is 95.3 Å². The normalized spacial score (nSPS) is 22.1. The third-order valence-electron chi connectivity index (χ3n) is 8.81. The van der Waals surface area contributed by atoms with Crippen LogP contribution in [0.2, 0.25) is 5.02 Å². The lowest BCUT2D eigenvalue weighted by Gasteiger charge is -2.42. The highest BCUT2D eigenvalue weighted by molar-refractivity contribution is 6.32. The molecule has 9 nitrogen and oxygen atoms in total. The first-order chi connectivity index (χ1) is 19.3. The Morgan fingerprint density at radius 3 is 2.50 bits per heavy atom. The second-order valence-corrected chi connectivity index (χ2v) is 11.5. The van der Waals surface area contributed by atoms with Crippen molar-refractivity contribution in [2.75, 3.05) is 45.4 Å². The van der Waals surface area contributed by atoms with Crippen LogP contribution in [-0.2, 0) is 34.2 Å². The molecule has 0 amide bonds. The summed E-state index contributed by atoms with van der Waals surface area (Å²) in [5, 5.41) is 16.6. The van der Waals surface area contributed by atoms with Crippen LogP contribution >= 0.6 is 11.6 Å². The third kappa shape index (κ3) is 5.50. The number of rotatable bonds is 9. The third-order valence-corrected chi connectivity index (χ3v) is 9.10. The summed E-state index contributed by atoms with van der Waals surface area (Å²) in [6.07, 6.45) is 5.86. The zero-order valence-electron chi connectivity index (χ0n) is 23.9. The molecular weight excluding hydrogens is 534 g/mol. The fourth-order valence-electron chi connectivity index (χ4n) is 6.70. The van der Waals surface area contributed by atoms with Crippen molar-refractivity contribution >= 4 is 23.4 Å². The number of methoxy groups -OCH3 is 2. The van der Waals surface area contributed by atoms with Gasteiger partial charge in [-0.25, -0.2) is 4.79 Å². The Balaban J connectivity index is 1.43. The lowest BCUT2D eigenvalue weighted by atomic mass is 9.76. The van der Waals surface area contributed by atoms with E-state index in [4.69, 9.17) is 30.5 Å². The molecule has 1 aliphatic carbocycles. The van der Waals surface area contributed by atoms with Crippen LogP contribution in [0.3, 0.4) is 0 Å². The monoisotopic (exact) mass is 573 g/mol. The van der Waals surface area contributed by atoms with E-state index in [1.54, 1.807) is 20.3 Å². The first-order valence-electron chi connectivity index (χ1n) is 14.2. The molecule has 1 unspecified atom stereocenters. The molecule has 1 aromatic heterocycles. The van der Waals surface area contributed by atoms with Crippen molar-refractivity contribution in [3.63, 3.8) is 0 Å². The molecule has 5 rings (SSSR count). The molecule has 0 bridgehead atoms. The zero-order chi connectivity index (χ0) is 28.4. The number of carbonyl (C=O) groups is 1. The Morgan fingerprint density at radius 2 is 1.85 bits per heavy atom. The molecule has 1 atom stereocenters. The predicted molar refractivity (Wildman–Crippen MR) is 153 cm³/mol. The molecule has 218 valence electrons. The van der Waals surface area contributed by atoms with Crippen LogP contribution in [0.25, 0.3) is 0 Å². The Bertz CT molecular complexity index is 1280. The van der Waals surface area contributed by atoms with Gasteiger partial charge in [-0.1, -0.05) is 24.4 Å². The first-order valence-corrected chi connectivity index (χ1v) is 14.5. The molecule has 2 aromatic rings. The standard InChI is InChI=1S/C30H40ClN3O6/c1-19-22(28(33(2)32-19)34-11-13-39-14-12-34)16-23-25(35)18-30(40-29(23)36,21-7-5-6-8-21)10-9-20-15-24(31)27(38-4)17-26(20)37-3/h15,17,21,35H,5-14,16,18H2,1-4H3. The number of cyclic esters (lactones) is 1. The van der Waals surface area contributed by atoms with Gasteiger partial charge in [0.25, 0.3) is 0 Å². The number of halogens is 1. The molecule has 3 aliphatic rings. The highest BCUT2D eigenvalue weighted by atomic mass is 35.5. The van der Waals surface area contributed by atoms with Crippen molar-refractivity contribution in [2.24, 2.45) is 13.0 Å². The zero-order valence-corrected chi connectivity index (χ0v) is 24.7. The van der Waals surface area contributed by atoms with Crippen molar-refractivity contribution in [3.05, 3.63) is 45.3 Å². The van der Waals surface area contributed by atoms with E-state index in [0.29, 0.717) is 54.6 Å². The number of nitrogens with zero attached hydrogens (tertiary/aromatic N) is 3. The number of morpholine rings is 1. The molecule has 1 saturated carbocycles. The SMILES string of the molecule is COc1cc(OC)c(CCC2(C3CCCC3)CC(O)=C(Cc3c(C)nn(C)c3N3CCOCC3)C(=O)O2)cc1Cl. The summed E-state index contributed by atoms with van der Waals surface area (Å²) in [6, 6.07) is 3.64. The van der Waals surface area contributed by atoms with Gasteiger partial charge in [0.2, 0.25) is 0 Å². The van der Waals surface area contributed by atoms with Crippen molar-refractivity contribution in [3.8, 4) is 11.5 Å². The fraction of sp³-hybridized carbons (Fsp3) is 0.600. The van der Waals surface area contributed by atoms with E-state index in [9.17, 15) is 9.90 Å². The molecular formula is C30H40ClN3O6. The van der Waals surface area contributed by atoms with E-state index < -0.39 is 11.6 Å². The molecule has 40 heavy (non-hydrogen) atoms. The fourth-order valence-corrected chi connectivity index (χ4v) is 6.96. The number of hydrogen-bond donors (Lipinski definition) is 1. The van der Waals surface area contributed by atoms with Gasteiger partial charge in [0.1, 0.15) is 28.7 Å². The van der Waals surface area contributed by atoms with Gasteiger partial charge in [-0.05, 0) is 50.2 Å². The average molecular weight is 574 g/mol. The quantitative estimate of drug-likeness (QED) is 0.414. The molecule has 1 N–H and O–H groups in total. The number of hydrogen-bond acceptors (Lipinski definition) is 8. The van der Waals surface area contributed by atoms with Gasteiger partial charge in [-0.2, -0.15) is 5.10 Å². The van der Waals surface area contributed by atoms with Gasteiger partial charge >= 0.3 is 5.97 Å². The van der Waals surface area contributed by atoms with Crippen LogP contribution < -0.4 is 14.4 Å². The molecule has 0 radical (unpaired) electrons. The molecule has 1 saturated heterocycles. The Hall–Kier alpha value is -2.91. The lowest BCUT2D eigenvalue weighted by molar-refractivity contribution is -0.167. The van der Waals surface area contributed by atoms with Crippen LogP contribution in [-0.4, -0.2) is 67.0 Å². The molecule has 0 spiro atoms. The minimum Gasteiger partial charge on any atom is -0.512 e. The number of aliphatic hydroxyl groups is 1. The van der Waals surface area contributed by atoms with Crippen molar-refractivity contribution in [1.82, 2.24) is 9.78 Å². The first kappa shape index (κ1) is 28.6. The highest BCUT2D eigenvalue weighted by Gasteiger charge is 2.48. The number of esters is 1. The minimum atomic E-state index is -0.782. The van der Waals surface area contributed by atoms with Crippen LogP contribution in [0.15, 0.2) is 23.5 Å². The summed E-state index contributed by atoms with van der Waals surface area (Å²) in [6.45, 7) is 4.75. The Kier molecular flexibility index (Phi) is 8.52. The molecule has 2 aliphatic heterocycles. The van der Waals surface area contributed by atoms with E-state index in [2.05, 4.69) is 10.00 Å². The smallest absolute Gasteiger partial charge is 0.338 e. The lowest BCUT2D eigenvalue weighted by Crippen LogP contribution is -2.46. The number of aliphatic hydroxyl groups excluding tert-OH is 1. The number of benzene rings is 1. The van der Waals surface area contributed by atoms with Gasteiger partial charge in [0.05, 0.1) is 43.7 Å². The number of aryl methyl sites for hydroxylation is 3. The van der Waals surface area contributed by atoms with Gasteiger partial charge in [-0.15, -0.1) is 0 Å². The number of anilines is 1. The summed E-state index contributed by atoms with van der Waals surface area (Å²) in [4.78, 5) is 15.9. The Morgan fingerprint density at radius 1 is 1.15 bits per heavy atom. The summed E-state index contributed by atoms with van der Waals surface area (Å²) >= 11 is 6.44. The largest absolute Gasteiger partial charge is 0.512 e.